The molecule has 0 saturated heterocycles. The van der Waals surface area contributed by atoms with E-state index in [0.29, 0.717) is 0 Å². The number of nitrogens with zero attached hydrogens (tertiary/aromatic N) is 1. The summed E-state index contributed by atoms with van der Waals surface area (Å²) in [7, 11) is 0. The van der Waals surface area contributed by atoms with Gasteiger partial charge in [0.15, 0.2) is 0 Å². The summed E-state index contributed by atoms with van der Waals surface area (Å²) in [5, 5.41) is 5.02. The van der Waals surface area contributed by atoms with Gasteiger partial charge in [0.1, 0.15) is 0 Å². The van der Waals surface area contributed by atoms with Gasteiger partial charge in [0.2, 0.25) is 0 Å². The molecule has 0 radical (unpaired) electrons. The van der Waals surface area contributed by atoms with Gasteiger partial charge >= 0.3 is 0 Å². The van der Waals surface area contributed by atoms with Gasteiger partial charge in [-0.2, -0.15) is 0 Å². The maximum atomic E-state index is 4.79. The van der Waals surface area contributed by atoms with Gasteiger partial charge in [-0.15, -0.1) is 11.3 Å². The fraction of sp³-hybridized carbons (Fsp3) is 0.588. The Morgan fingerprint density at radius 3 is 3.05 bits per heavy atom. The summed E-state index contributed by atoms with van der Waals surface area (Å²) in [4.78, 5) is 4.79. The molecule has 1 heterocycles. The summed E-state index contributed by atoms with van der Waals surface area (Å²) in [6.45, 7) is 3.41. The predicted molar refractivity (Wildman–Crippen MR) is 87.4 cm³/mol. The number of rotatable bonds is 5. The van der Waals surface area contributed by atoms with Crippen molar-refractivity contribution in [3.63, 3.8) is 0 Å². The van der Waals surface area contributed by atoms with Crippen LogP contribution in [0.2, 0.25) is 0 Å². The summed E-state index contributed by atoms with van der Waals surface area (Å²) < 4.78 is 1.33. The monoisotopic (exact) mass is 288 g/mol. The lowest BCUT2D eigenvalue weighted by Crippen LogP contribution is -2.35. The lowest BCUT2D eigenvalue weighted by atomic mass is 9.84. The Labute approximate surface area is 125 Å². The molecule has 1 aliphatic rings. The third-order valence-electron chi connectivity index (χ3n) is 4.27. The standard InChI is InChI=1S/C17H24N2S/c1-2-10-18-14-7-5-6-13(11-14)12-17-19-15-8-3-4-9-16(15)20-17/h3-4,8-9,13-14,18H,2,5-7,10-12H2,1H3. The van der Waals surface area contributed by atoms with E-state index in [-0.39, 0.29) is 0 Å². The number of nitrogens with one attached hydrogen (secondary N) is 1. The third kappa shape index (κ3) is 3.39. The average Bonchev–Trinajstić information content (AvgIpc) is 2.87. The molecular formula is C17H24N2S. The molecule has 0 aliphatic heterocycles. The first-order valence-electron chi connectivity index (χ1n) is 7.93. The molecule has 1 fully saturated rings. The van der Waals surface area contributed by atoms with Crippen molar-refractivity contribution in [3.05, 3.63) is 29.3 Å². The van der Waals surface area contributed by atoms with Crippen LogP contribution < -0.4 is 5.32 Å². The molecule has 2 atom stereocenters. The highest BCUT2D eigenvalue weighted by Gasteiger charge is 2.22. The van der Waals surface area contributed by atoms with E-state index >= 15 is 0 Å². The van der Waals surface area contributed by atoms with Crippen molar-refractivity contribution < 1.29 is 0 Å². The van der Waals surface area contributed by atoms with E-state index in [1.807, 2.05) is 11.3 Å². The minimum Gasteiger partial charge on any atom is -0.314 e. The van der Waals surface area contributed by atoms with E-state index in [4.69, 9.17) is 4.98 Å². The minimum atomic E-state index is 0.739. The molecule has 1 saturated carbocycles. The Bertz CT molecular complexity index is 516. The zero-order chi connectivity index (χ0) is 13.8. The van der Waals surface area contributed by atoms with E-state index in [9.17, 15) is 0 Å². The van der Waals surface area contributed by atoms with Gasteiger partial charge in [0.25, 0.3) is 0 Å². The average molecular weight is 288 g/mol. The molecule has 1 aromatic heterocycles. The van der Waals surface area contributed by atoms with Gasteiger partial charge in [-0.05, 0) is 50.3 Å². The first kappa shape index (κ1) is 14.0. The lowest BCUT2D eigenvalue weighted by Gasteiger charge is -2.29. The SMILES string of the molecule is CCCNC1CCCC(Cc2nc3ccccc3s2)C1. The Morgan fingerprint density at radius 1 is 1.30 bits per heavy atom. The third-order valence-corrected chi connectivity index (χ3v) is 5.33. The summed E-state index contributed by atoms with van der Waals surface area (Å²) >= 11 is 1.88. The number of benzene rings is 1. The minimum absolute atomic E-state index is 0.739. The summed E-state index contributed by atoms with van der Waals surface area (Å²) in [5.74, 6) is 0.818. The molecular weight excluding hydrogens is 264 g/mol. The van der Waals surface area contributed by atoms with Gasteiger partial charge in [0.05, 0.1) is 15.2 Å². The largest absolute Gasteiger partial charge is 0.314 e. The molecule has 108 valence electrons. The first-order valence-corrected chi connectivity index (χ1v) is 8.74. The Hall–Kier alpha value is -0.930. The highest BCUT2D eigenvalue weighted by atomic mass is 32.1. The van der Waals surface area contributed by atoms with E-state index < -0.39 is 0 Å². The van der Waals surface area contributed by atoms with Crippen molar-refractivity contribution in [2.45, 2.75) is 51.5 Å². The van der Waals surface area contributed by atoms with Crippen LogP contribution in [0.25, 0.3) is 10.2 Å². The molecule has 20 heavy (non-hydrogen) atoms. The number of hydrogen-bond donors (Lipinski definition) is 1. The van der Waals surface area contributed by atoms with Gasteiger partial charge in [-0.3, -0.25) is 0 Å². The number of para-hydroxylation sites is 1. The Morgan fingerprint density at radius 2 is 2.20 bits per heavy atom. The first-order chi connectivity index (χ1) is 9.85. The van der Waals surface area contributed by atoms with E-state index in [1.54, 1.807) is 0 Å². The summed E-state index contributed by atoms with van der Waals surface area (Å²) in [5.41, 5.74) is 1.17. The molecule has 3 rings (SSSR count). The van der Waals surface area contributed by atoms with Gasteiger partial charge in [-0.25, -0.2) is 4.98 Å². The topological polar surface area (TPSA) is 24.9 Å². The van der Waals surface area contributed by atoms with Crippen molar-refractivity contribution in [1.82, 2.24) is 10.3 Å². The molecule has 1 aliphatic carbocycles. The Kier molecular flexibility index (Phi) is 4.69. The zero-order valence-corrected chi connectivity index (χ0v) is 13.1. The molecule has 2 nitrogen and oxygen atoms in total. The highest BCUT2D eigenvalue weighted by Crippen LogP contribution is 2.30. The second kappa shape index (κ2) is 6.68. The molecule has 0 bridgehead atoms. The fourth-order valence-electron chi connectivity index (χ4n) is 3.26. The van der Waals surface area contributed by atoms with E-state index in [0.717, 1.165) is 12.0 Å². The Balaban J connectivity index is 1.61. The van der Waals surface area contributed by atoms with Gasteiger partial charge in [-0.1, -0.05) is 25.5 Å². The maximum absolute atomic E-state index is 4.79. The van der Waals surface area contributed by atoms with Crippen LogP contribution in [0.15, 0.2) is 24.3 Å². The second-order valence-corrected chi connectivity index (χ2v) is 7.08. The zero-order valence-electron chi connectivity index (χ0n) is 12.3. The van der Waals surface area contributed by atoms with Crippen molar-refractivity contribution >= 4 is 21.6 Å². The summed E-state index contributed by atoms with van der Waals surface area (Å²) in [6.07, 6.45) is 7.84. The quantitative estimate of drug-likeness (QED) is 0.882. The number of hydrogen-bond acceptors (Lipinski definition) is 3. The van der Waals surface area contributed by atoms with Crippen LogP contribution in [0.3, 0.4) is 0 Å². The van der Waals surface area contributed by atoms with Gasteiger partial charge < -0.3 is 5.32 Å². The molecule has 1 N–H and O–H groups in total. The van der Waals surface area contributed by atoms with Crippen molar-refractivity contribution in [1.29, 1.82) is 0 Å². The van der Waals surface area contributed by atoms with Crippen LogP contribution in [-0.4, -0.2) is 17.6 Å². The molecule has 3 heteroatoms. The molecule has 1 aromatic carbocycles. The van der Waals surface area contributed by atoms with Crippen LogP contribution in [0.1, 0.15) is 44.0 Å². The van der Waals surface area contributed by atoms with Crippen LogP contribution in [0.5, 0.6) is 0 Å². The van der Waals surface area contributed by atoms with Crippen LogP contribution >= 0.6 is 11.3 Å². The van der Waals surface area contributed by atoms with Crippen molar-refractivity contribution in [3.8, 4) is 0 Å². The number of aromatic nitrogens is 1. The molecule has 0 amide bonds. The molecule has 2 aromatic rings. The van der Waals surface area contributed by atoms with Gasteiger partial charge in [0, 0.05) is 12.5 Å². The fourth-order valence-corrected chi connectivity index (χ4v) is 4.35. The maximum Gasteiger partial charge on any atom is 0.0941 e. The van der Waals surface area contributed by atoms with E-state index in [2.05, 4.69) is 36.5 Å². The number of thiazole rings is 1. The second-order valence-electron chi connectivity index (χ2n) is 5.96. The van der Waals surface area contributed by atoms with E-state index in [1.165, 1.54) is 60.3 Å². The summed E-state index contributed by atoms with van der Waals surface area (Å²) in [6, 6.07) is 9.24. The van der Waals surface area contributed by atoms with Crippen LogP contribution in [0.4, 0.5) is 0 Å². The molecule has 2 unspecified atom stereocenters. The smallest absolute Gasteiger partial charge is 0.0941 e. The lowest BCUT2D eigenvalue weighted by molar-refractivity contribution is 0.284. The van der Waals surface area contributed by atoms with Crippen molar-refractivity contribution in [2.75, 3.05) is 6.54 Å². The highest BCUT2D eigenvalue weighted by molar-refractivity contribution is 7.18. The number of fused-ring (bicyclic) bond motifs is 1. The van der Waals surface area contributed by atoms with Crippen molar-refractivity contribution in [2.24, 2.45) is 5.92 Å². The molecule has 0 spiro atoms. The van der Waals surface area contributed by atoms with Crippen LogP contribution in [0, 0.1) is 5.92 Å². The van der Waals surface area contributed by atoms with Crippen LogP contribution in [-0.2, 0) is 6.42 Å². The normalized spacial score (nSPS) is 23.2. The predicted octanol–water partition coefficient (Wildman–Crippen LogP) is 4.40.